The maximum Gasteiger partial charge on any atom is 0.0445 e. The van der Waals surface area contributed by atoms with Crippen molar-refractivity contribution in [2.75, 3.05) is 6.54 Å². The van der Waals surface area contributed by atoms with Gasteiger partial charge in [0.2, 0.25) is 0 Å². The fourth-order valence-corrected chi connectivity index (χ4v) is 4.22. The SMILES string of the molecule is CC(C)CC(CNC(C)C)C[Si](C)(C)C. The molecule has 1 unspecified atom stereocenters. The van der Waals surface area contributed by atoms with Crippen LogP contribution in [0.3, 0.4) is 0 Å². The van der Waals surface area contributed by atoms with E-state index in [-0.39, 0.29) is 0 Å². The highest BCUT2D eigenvalue weighted by Gasteiger charge is 2.21. The quantitative estimate of drug-likeness (QED) is 0.651. The van der Waals surface area contributed by atoms with E-state index in [4.69, 9.17) is 0 Å². The Hall–Kier alpha value is 0.177. The molecule has 0 aliphatic heterocycles. The van der Waals surface area contributed by atoms with Crippen LogP contribution in [0.5, 0.6) is 0 Å². The van der Waals surface area contributed by atoms with Crippen molar-refractivity contribution in [1.82, 2.24) is 5.32 Å². The second-order valence-corrected chi connectivity index (χ2v) is 12.4. The lowest BCUT2D eigenvalue weighted by molar-refractivity contribution is 0.397. The average molecular weight is 229 g/mol. The van der Waals surface area contributed by atoms with Crippen molar-refractivity contribution in [2.24, 2.45) is 11.8 Å². The van der Waals surface area contributed by atoms with Gasteiger partial charge < -0.3 is 5.32 Å². The molecule has 0 saturated carbocycles. The van der Waals surface area contributed by atoms with Gasteiger partial charge in [0.15, 0.2) is 0 Å². The van der Waals surface area contributed by atoms with Gasteiger partial charge in [-0.2, -0.15) is 0 Å². The van der Waals surface area contributed by atoms with Crippen molar-refractivity contribution in [2.45, 2.75) is 65.8 Å². The molecule has 0 amide bonds. The monoisotopic (exact) mass is 229 g/mol. The number of nitrogens with one attached hydrogen (secondary N) is 1. The third-order valence-electron chi connectivity index (χ3n) is 2.52. The summed E-state index contributed by atoms with van der Waals surface area (Å²) in [5.41, 5.74) is 0. The van der Waals surface area contributed by atoms with Crippen LogP contribution in [0.15, 0.2) is 0 Å². The molecule has 0 heterocycles. The van der Waals surface area contributed by atoms with Crippen molar-refractivity contribution >= 4 is 8.07 Å². The van der Waals surface area contributed by atoms with Crippen molar-refractivity contribution in [3.8, 4) is 0 Å². The van der Waals surface area contributed by atoms with Crippen LogP contribution in [0.1, 0.15) is 34.1 Å². The number of hydrogen-bond donors (Lipinski definition) is 1. The highest BCUT2D eigenvalue weighted by Crippen LogP contribution is 2.22. The first kappa shape index (κ1) is 15.2. The first-order valence-electron chi connectivity index (χ1n) is 6.44. The van der Waals surface area contributed by atoms with Gasteiger partial charge >= 0.3 is 0 Å². The van der Waals surface area contributed by atoms with Crippen molar-refractivity contribution < 1.29 is 0 Å². The molecule has 92 valence electrons. The smallest absolute Gasteiger partial charge is 0.0445 e. The molecular formula is C13H31NSi. The fourth-order valence-electron chi connectivity index (χ4n) is 2.17. The zero-order valence-corrected chi connectivity index (χ0v) is 12.9. The van der Waals surface area contributed by atoms with Crippen LogP contribution in [-0.4, -0.2) is 20.7 Å². The Morgan fingerprint density at radius 3 is 1.87 bits per heavy atom. The Morgan fingerprint density at radius 1 is 1.00 bits per heavy atom. The average Bonchev–Trinajstić information content (AvgIpc) is 1.95. The highest BCUT2D eigenvalue weighted by atomic mass is 28.3. The minimum Gasteiger partial charge on any atom is -0.314 e. The molecule has 1 N–H and O–H groups in total. The van der Waals surface area contributed by atoms with E-state index >= 15 is 0 Å². The summed E-state index contributed by atoms with van der Waals surface area (Å²) in [4.78, 5) is 0. The summed E-state index contributed by atoms with van der Waals surface area (Å²) < 4.78 is 0. The summed E-state index contributed by atoms with van der Waals surface area (Å²) in [6.07, 6.45) is 1.38. The minimum absolute atomic E-state index is 0.626. The molecule has 0 aromatic heterocycles. The number of hydrogen-bond acceptors (Lipinski definition) is 1. The third kappa shape index (κ3) is 10.5. The summed E-state index contributed by atoms with van der Waals surface area (Å²) in [5.74, 6) is 1.72. The standard InChI is InChI=1S/C13H31NSi/c1-11(2)8-13(9-14-12(3)4)10-15(5,6)7/h11-14H,8-10H2,1-7H3. The molecule has 0 aromatic rings. The Balaban J connectivity index is 4.07. The first-order valence-corrected chi connectivity index (χ1v) is 10.1. The molecule has 0 bridgehead atoms. The summed E-state index contributed by atoms with van der Waals surface area (Å²) in [6, 6.07) is 2.09. The maximum atomic E-state index is 3.60. The molecule has 2 heteroatoms. The Morgan fingerprint density at radius 2 is 1.53 bits per heavy atom. The molecule has 0 radical (unpaired) electrons. The molecule has 15 heavy (non-hydrogen) atoms. The molecule has 0 saturated heterocycles. The van der Waals surface area contributed by atoms with Crippen LogP contribution < -0.4 is 5.32 Å². The fraction of sp³-hybridized carbons (Fsp3) is 1.00. The molecule has 0 aromatic carbocycles. The summed E-state index contributed by atoms with van der Waals surface area (Å²) >= 11 is 0. The van der Waals surface area contributed by atoms with Crippen molar-refractivity contribution in [3.63, 3.8) is 0 Å². The van der Waals surface area contributed by atoms with E-state index in [1.54, 1.807) is 0 Å². The largest absolute Gasteiger partial charge is 0.314 e. The van der Waals surface area contributed by atoms with Gasteiger partial charge in [0.25, 0.3) is 0 Å². The van der Waals surface area contributed by atoms with Gasteiger partial charge in [-0.1, -0.05) is 53.4 Å². The van der Waals surface area contributed by atoms with Gasteiger partial charge in [0.05, 0.1) is 0 Å². The van der Waals surface area contributed by atoms with Crippen LogP contribution >= 0.6 is 0 Å². The molecule has 1 atom stereocenters. The molecule has 0 fully saturated rings. The summed E-state index contributed by atoms with van der Waals surface area (Å²) in [5, 5.41) is 3.60. The molecule has 0 rings (SSSR count). The summed E-state index contributed by atoms with van der Waals surface area (Å²) in [7, 11) is -0.899. The molecule has 0 aliphatic carbocycles. The van der Waals surface area contributed by atoms with E-state index in [1.165, 1.54) is 19.0 Å². The van der Waals surface area contributed by atoms with Crippen molar-refractivity contribution in [3.05, 3.63) is 0 Å². The molecule has 0 aliphatic rings. The maximum absolute atomic E-state index is 3.60. The van der Waals surface area contributed by atoms with E-state index in [0.717, 1.165) is 11.8 Å². The second-order valence-electron chi connectivity index (χ2n) is 6.82. The molecule has 0 spiro atoms. The molecular weight excluding hydrogens is 198 g/mol. The zero-order valence-electron chi connectivity index (χ0n) is 11.9. The van der Waals surface area contributed by atoms with E-state index in [0.29, 0.717) is 6.04 Å². The van der Waals surface area contributed by atoms with Crippen LogP contribution in [0.4, 0.5) is 0 Å². The van der Waals surface area contributed by atoms with Crippen LogP contribution in [0.2, 0.25) is 25.7 Å². The van der Waals surface area contributed by atoms with Crippen LogP contribution in [0, 0.1) is 11.8 Å². The van der Waals surface area contributed by atoms with Gasteiger partial charge in [-0.25, -0.2) is 0 Å². The highest BCUT2D eigenvalue weighted by molar-refractivity contribution is 6.76. The number of rotatable bonds is 7. The predicted molar refractivity (Wildman–Crippen MR) is 74.2 cm³/mol. The first-order chi connectivity index (χ1) is 6.70. The topological polar surface area (TPSA) is 12.0 Å². The van der Waals surface area contributed by atoms with Gasteiger partial charge in [-0.3, -0.25) is 0 Å². The van der Waals surface area contributed by atoms with Gasteiger partial charge in [-0.15, -0.1) is 0 Å². The Bertz CT molecular complexity index is 158. The second kappa shape index (κ2) is 6.69. The minimum atomic E-state index is -0.899. The summed E-state index contributed by atoms with van der Waals surface area (Å²) in [6.45, 7) is 17.8. The van der Waals surface area contributed by atoms with Crippen LogP contribution in [-0.2, 0) is 0 Å². The van der Waals surface area contributed by atoms with E-state index < -0.39 is 8.07 Å². The Kier molecular flexibility index (Phi) is 6.77. The van der Waals surface area contributed by atoms with Crippen molar-refractivity contribution in [1.29, 1.82) is 0 Å². The van der Waals surface area contributed by atoms with Gasteiger partial charge in [-0.05, 0) is 24.8 Å². The third-order valence-corrected chi connectivity index (χ3v) is 4.32. The van der Waals surface area contributed by atoms with Gasteiger partial charge in [0.1, 0.15) is 0 Å². The lowest BCUT2D eigenvalue weighted by Crippen LogP contribution is -2.34. The normalized spacial score (nSPS) is 15.0. The van der Waals surface area contributed by atoms with Gasteiger partial charge in [0, 0.05) is 14.1 Å². The van der Waals surface area contributed by atoms with E-state index in [2.05, 4.69) is 52.7 Å². The Labute approximate surface area is 98.0 Å². The lowest BCUT2D eigenvalue weighted by Gasteiger charge is -2.27. The van der Waals surface area contributed by atoms with E-state index in [1.807, 2.05) is 0 Å². The lowest BCUT2D eigenvalue weighted by atomic mass is 9.98. The van der Waals surface area contributed by atoms with Crippen LogP contribution in [0.25, 0.3) is 0 Å². The zero-order chi connectivity index (χ0) is 12.1. The van der Waals surface area contributed by atoms with E-state index in [9.17, 15) is 0 Å². The molecule has 1 nitrogen and oxygen atoms in total. The predicted octanol–water partition coefficient (Wildman–Crippen LogP) is 3.98.